The number of nitrogen functional groups attached to an aromatic ring is 1. The van der Waals surface area contributed by atoms with Crippen LogP contribution in [0.3, 0.4) is 0 Å². The average Bonchev–Trinajstić information content (AvgIpc) is 2.27. The molecule has 1 aromatic carbocycles. The molecular weight excluding hydrogens is 198 g/mol. The van der Waals surface area contributed by atoms with Crippen molar-refractivity contribution in [3.63, 3.8) is 0 Å². The van der Waals surface area contributed by atoms with Gasteiger partial charge >= 0.3 is 0 Å². The first-order valence-corrected chi connectivity index (χ1v) is 5.85. The summed E-state index contributed by atoms with van der Waals surface area (Å²) in [6, 6.07) is 6.02. The number of benzene rings is 1. The summed E-state index contributed by atoms with van der Waals surface area (Å²) in [5, 5.41) is 0. The molecule has 0 amide bonds. The molecule has 0 heterocycles. The standard InChI is InChI=1S/C14H21NO/c1-4-6-11-10-12(15)8-9-13(11)14(16-3)7-5-2/h7-10H,4-6,15H2,1-3H3. The summed E-state index contributed by atoms with van der Waals surface area (Å²) in [5.74, 6) is 0.950. The van der Waals surface area contributed by atoms with Gasteiger partial charge in [0.15, 0.2) is 0 Å². The van der Waals surface area contributed by atoms with E-state index in [0.717, 1.165) is 30.7 Å². The molecule has 1 aromatic rings. The molecule has 0 unspecified atom stereocenters. The first-order chi connectivity index (χ1) is 7.72. The van der Waals surface area contributed by atoms with Gasteiger partial charge in [-0.1, -0.05) is 20.3 Å². The molecule has 0 aliphatic heterocycles. The molecule has 0 fully saturated rings. The van der Waals surface area contributed by atoms with Crippen LogP contribution in [0.15, 0.2) is 24.3 Å². The highest BCUT2D eigenvalue weighted by Gasteiger charge is 2.07. The summed E-state index contributed by atoms with van der Waals surface area (Å²) in [5.41, 5.74) is 9.07. The van der Waals surface area contributed by atoms with Crippen molar-refractivity contribution in [2.75, 3.05) is 12.8 Å². The average molecular weight is 219 g/mol. The second-order valence-electron chi connectivity index (χ2n) is 3.85. The van der Waals surface area contributed by atoms with E-state index >= 15 is 0 Å². The van der Waals surface area contributed by atoms with E-state index in [1.807, 2.05) is 18.2 Å². The highest BCUT2D eigenvalue weighted by Crippen LogP contribution is 2.24. The first kappa shape index (κ1) is 12.6. The number of hydrogen-bond donors (Lipinski definition) is 1. The molecule has 2 N–H and O–H groups in total. The van der Waals surface area contributed by atoms with E-state index in [-0.39, 0.29) is 0 Å². The van der Waals surface area contributed by atoms with Gasteiger partial charge in [0.1, 0.15) is 5.76 Å². The molecule has 88 valence electrons. The third-order valence-corrected chi connectivity index (χ3v) is 2.52. The number of nitrogens with two attached hydrogens (primary N) is 1. The van der Waals surface area contributed by atoms with Crippen molar-refractivity contribution >= 4 is 11.4 Å². The zero-order valence-corrected chi connectivity index (χ0v) is 10.4. The van der Waals surface area contributed by atoms with Crippen molar-refractivity contribution in [2.45, 2.75) is 33.1 Å². The van der Waals surface area contributed by atoms with Gasteiger partial charge in [-0.15, -0.1) is 0 Å². The molecular formula is C14H21NO. The van der Waals surface area contributed by atoms with Crippen molar-refractivity contribution in [2.24, 2.45) is 0 Å². The maximum atomic E-state index is 5.81. The molecule has 0 atom stereocenters. The fourth-order valence-electron chi connectivity index (χ4n) is 1.82. The molecule has 2 nitrogen and oxygen atoms in total. The van der Waals surface area contributed by atoms with Gasteiger partial charge in [0.2, 0.25) is 0 Å². The minimum absolute atomic E-state index is 0.819. The van der Waals surface area contributed by atoms with E-state index in [9.17, 15) is 0 Å². The molecule has 0 aromatic heterocycles. The van der Waals surface area contributed by atoms with Gasteiger partial charge in [0.05, 0.1) is 7.11 Å². The lowest BCUT2D eigenvalue weighted by Crippen LogP contribution is -1.97. The Hall–Kier alpha value is -1.44. The summed E-state index contributed by atoms with van der Waals surface area (Å²) >= 11 is 0. The van der Waals surface area contributed by atoms with Crippen molar-refractivity contribution in [3.8, 4) is 0 Å². The molecule has 0 aliphatic rings. The minimum Gasteiger partial charge on any atom is -0.496 e. The van der Waals surface area contributed by atoms with Crippen molar-refractivity contribution < 1.29 is 4.74 Å². The SMILES string of the molecule is CCC=C(OC)c1ccc(N)cc1CCC. The number of allylic oxidation sites excluding steroid dienone is 1. The summed E-state index contributed by atoms with van der Waals surface area (Å²) in [6.07, 6.45) is 5.22. The lowest BCUT2D eigenvalue weighted by molar-refractivity contribution is 0.368. The fraction of sp³-hybridized carbons (Fsp3) is 0.429. The monoisotopic (exact) mass is 219 g/mol. The van der Waals surface area contributed by atoms with Gasteiger partial charge < -0.3 is 10.5 Å². The second-order valence-corrected chi connectivity index (χ2v) is 3.85. The predicted octanol–water partition coefficient (Wildman–Crippen LogP) is 3.62. The molecule has 1 rings (SSSR count). The van der Waals surface area contributed by atoms with Crippen LogP contribution >= 0.6 is 0 Å². The minimum atomic E-state index is 0.819. The van der Waals surface area contributed by atoms with Crippen molar-refractivity contribution in [1.82, 2.24) is 0 Å². The number of aryl methyl sites for hydroxylation is 1. The Morgan fingerprint density at radius 1 is 1.38 bits per heavy atom. The molecule has 0 spiro atoms. The second kappa shape index (κ2) is 6.21. The van der Waals surface area contributed by atoms with Crippen LogP contribution in [0.4, 0.5) is 5.69 Å². The highest BCUT2D eigenvalue weighted by atomic mass is 16.5. The smallest absolute Gasteiger partial charge is 0.122 e. The Labute approximate surface area is 98.1 Å². The Balaban J connectivity index is 3.14. The quantitative estimate of drug-likeness (QED) is 0.606. The van der Waals surface area contributed by atoms with Crippen LogP contribution in [0, 0.1) is 0 Å². The Kier molecular flexibility index (Phi) is 4.90. The normalized spacial score (nSPS) is 11.6. The molecule has 0 saturated heterocycles. The maximum Gasteiger partial charge on any atom is 0.122 e. The van der Waals surface area contributed by atoms with Gasteiger partial charge in [0, 0.05) is 11.3 Å². The van der Waals surface area contributed by atoms with Gasteiger partial charge in [-0.05, 0) is 42.7 Å². The molecule has 0 aliphatic carbocycles. The number of rotatable bonds is 5. The lowest BCUT2D eigenvalue weighted by atomic mass is 10.0. The number of ether oxygens (including phenoxy) is 1. The molecule has 0 bridgehead atoms. The summed E-state index contributed by atoms with van der Waals surface area (Å²) < 4.78 is 5.42. The van der Waals surface area contributed by atoms with E-state index in [2.05, 4.69) is 19.9 Å². The van der Waals surface area contributed by atoms with Crippen LogP contribution in [-0.4, -0.2) is 7.11 Å². The molecule has 0 saturated carbocycles. The van der Waals surface area contributed by atoms with Crippen LogP contribution in [0.2, 0.25) is 0 Å². The van der Waals surface area contributed by atoms with Crippen LogP contribution in [-0.2, 0) is 11.2 Å². The summed E-state index contributed by atoms with van der Waals surface area (Å²) in [7, 11) is 1.72. The van der Waals surface area contributed by atoms with Gasteiger partial charge in [-0.3, -0.25) is 0 Å². The third kappa shape index (κ3) is 3.02. The largest absolute Gasteiger partial charge is 0.496 e. The highest BCUT2D eigenvalue weighted by molar-refractivity contribution is 5.65. The summed E-state index contributed by atoms with van der Waals surface area (Å²) in [4.78, 5) is 0. The topological polar surface area (TPSA) is 35.2 Å². The predicted molar refractivity (Wildman–Crippen MR) is 70.1 cm³/mol. The molecule has 16 heavy (non-hydrogen) atoms. The van der Waals surface area contributed by atoms with Crippen LogP contribution < -0.4 is 5.73 Å². The van der Waals surface area contributed by atoms with E-state index in [0.29, 0.717) is 0 Å². The van der Waals surface area contributed by atoms with E-state index in [4.69, 9.17) is 10.5 Å². The van der Waals surface area contributed by atoms with Crippen molar-refractivity contribution in [1.29, 1.82) is 0 Å². The Morgan fingerprint density at radius 3 is 2.69 bits per heavy atom. The zero-order valence-electron chi connectivity index (χ0n) is 10.4. The Bertz CT molecular complexity index is 369. The summed E-state index contributed by atoms with van der Waals surface area (Å²) in [6.45, 7) is 4.28. The van der Waals surface area contributed by atoms with Crippen LogP contribution in [0.1, 0.15) is 37.8 Å². The molecule has 2 heteroatoms. The molecule has 0 radical (unpaired) electrons. The van der Waals surface area contributed by atoms with Crippen molar-refractivity contribution in [3.05, 3.63) is 35.4 Å². The Morgan fingerprint density at radius 2 is 2.12 bits per heavy atom. The van der Waals surface area contributed by atoms with Crippen LogP contribution in [0.5, 0.6) is 0 Å². The number of anilines is 1. The number of methoxy groups -OCH3 is 1. The first-order valence-electron chi connectivity index (χ1n) is 5.85. The number of hydrogen-bond acceptors (Lipinski definition) is 2. The van der Waals surface area contributed by atoms with Gasteiger partial charge in [-0.25, -0.2) is 0 Å². The van der Waals surface area contributed by atoms with E-state index in [1.54, 1.807) is 7.11 Å². The van der Waals surface area contributed by atoms with Gasteiger partial charge in [0.25, 0.3) is 0 Å². The third-order valence-electron chi connectivity index (χ3n) is 2.52. The van der Waals surface area contributed by atoms with E-state index < -0.39 is 0 Å². The van der Waals surface area contributed by atoms with E-state index in [1.165, 1.54) is 11.1 Å². The lowest BCUT2D eigenvalue weighted by Gasteiger charge is -2.12. The van der Waals surface area contributed by atoms with Crippen LogP contribution in [0.25, 0.3) is 5.76 Å². The maximum absolute atomic E-state index is 5.81. The van der Waals surface area contributed by atoms with Gasteiger partial charge in [-0.2, -0.15) is 0 Å². The zero-order chi connectivity index (χ0) is 12.0. The fourth-order valence-corrected chi connectivity index (χ4v) is 1.82.